The number of alkyl carbamates (subject to hydrolysis) is 1. The summed E-state index contributed by atoms with van der Waals surface area (Å²) in [4.78, 5) is 11.5. The van der Waals surface area contributed by atoms with Crippen molar-refractivity contribution in [3.63, 3.8) is 0 Å². The zero-order valence-corrected chi connectivity index (χ0v) is 10.8. The van der Waals surface area contributed by atoms with E-state index in [2.05, 4.69) is 5.32 Å². The van der Waals surface area contributed by atoms with E-state index in [1.807, 2.05) is 5.32 Å². The molecule has 0 aromatic heterocycles. The Morgan fingerprint density at radius 2 is 1.94 bits per heavy atom. The number of hydrogen-bond acceptors (Lipinski definition) is 3. The molecule has 1 heterocycles. The summed E-state index contributed by atoms with van der Waals surface area (Å²) in [6.07, 6.45) is -5.32. The van der Waals surface area contributed by atoms with Crippen molar-refractivity contribution in [2.45, 2.75) is 50.9 Å². The summed E-state index contributed by atoms with van der Waals surface area (Å²) in [5.74, 6) is 0. The Balaban J connectivity index is 2.77. The highest BCUT2D eigenvalue weighted by Crippen LogP contribution is 2.35. The normalized spacial score (nSPS) is 25.7. The molecule has 1 rings (SSSR count). The van der Waals surface area contributed by atoms with E-state index in [1.165, 1.54) is 0 Å². The fourth-order valence-corrected chi connectivity index (χ4v) is 1.82. The van der Waals surface area contributed by atoms with Crippen LogP contribution in [0.15, 0.2) is 0 Å². The molecule has 18 heavy (non-hydrogen) atoms. The van der Waals surface area contributed by atoms with Crippen molar-refractivity contribution in [1.29, 1.82) is 0 Å². The summed E-state index contributed by atoms with van der Waals surface area (Å²) >= 11 is 0. The molecule has 7 heteroatoms. The minimum absolute atomic E-state index is 0.136. The van der Waals surface area contributed by atoms with E-state index >= 15 is 0 Å². The van der Waals surface area contributed by atoms with E-state index in [0.717, 1.165) is 0 Å². The Kier molecular flexibility index (Phi) is 4.15. The van der Waals surface area contributed by atoms with E-state index in [9.17, 15) is 18.0 Å². The van der Waals surface area contributed by atoms with E-state index in [0.29, 0.717) is 13.0 Å². The van der Waals surface area contributed by atoms with Gasteiger partial charge in [0.05, 0.1) is 0 Å². The largest absolute Gasteiger partial charge is 0.444 e. The number of hydrogen-bond donors (Lipinski definition) is 2. The molecule has 1 saturated heterocycles. The first-order valence-corrected chi connectivity index (χ1v) is 5.84. The smallest absolute Gasteiger partial charge is 0.412 e. The summed E-state index contributed by atoms with van der Waals surface area (Å²) in [6.45, 7) is 5.01. The zero-order chi connectivity index (χ0) is 14.0. The lowest BCUT2D eigenvalue weighted by molar-refractivity contribution is -0.199. The van der Waals surface area contributed by atoms with Crippen LogP contribution in [0.1, 0.15) is 33.6 Å². The van der Waals surface area contributed by atoms with E-state index < -0.39 is 23.4 Å². The van der Waals surface area contributed by atoms with Crippen LogP contribution in [0.25, 0.3) is 0 Å². The number of alkyl halides is 3. The second-order valence-corrected chi connectivity index (χ2v) is 5.49. The standard InChI is InChI=1S/C11H19F3N2O2/c1-9(2,3)18-8(17)16-10(11(12,13)14)5-4-6-15-7-10/h15H,4-7H2,1-3H3,(H,16,17). The average Bonchev–Trinajstić information content (AvgIpc) is 2.13. The van der Waals surface area contributed by atoms with Gasteiger partial charge in [0.2, 0.25) is 0 Å². The van der Waals surface area contributed by atoms with Gasteiger partial charge in [-0.25, -0.2) is 4.79 Å². The SMILES string of the molecule is CC(C)(C)OC(=O)NC1(C(F)(F)F)CCCNC1. The molecular weight excluding hydrogens is 249 g/mol. The molecule has 1 aliphatic heterocycles. The van der Waals surface area contributed by atoms with Gasteiger partial charge in [-0.05, 0) is 40.2 Å². The third-order valence-corrected chi connectivity index (χ3v) is 2.67. The number of piperidine rings is 1. The van der Waals surface area contributed by atoms with Crippen LogP contribution in [-0.4, -0.2) is 36.5 Å². The highest BCUT2D eigenvalue weighted by molar-refractivity contribution is 5.69. The topological polar surface area (TPSA) is 50.4 Å². The predicted molar refractivity (Wildman–Crippen MR) is 60.3 cm³/mol. The summed E-state index contributed by atoms with van der Waals surface area (Å²) < 4.78 is 44.1. The fourth-order valence-electron chi connectivity index (χ4n) is 1.82. The van der Waals surface area contributed by atoms with E-state index in [4.69, 9.17) is 4.74 Å². The molecular formula is C11H19F3N2O2. The molecule has 0 aliphatic carbocycles. The average molecular weight is 268 g/mol. The van der Waals surface area contributed by atoms with Crippen LogP contribution in [0.3, 0.4) is 0 Å². The van der Waals surface area contributed by atoms with Crippen LogP contribution in [0, 0.1) is 0 Å². The van der Waals surface area contributed by atoms with Crippen LogP contribution >= 0.6 is 0 Å². The van der Waals surface area contributed by atoms with Crippen molar-refractivity contribution in [1.82, 2.24) is 10.6 Å². The van der Waals surface area contributed by atoms with E-state index in [1.54, 1.807) is 20.8 Å². The van der Waals surface area contributed by atoms with E-state index in [-0.39, 0.29) is 13.0 Å². The van der Waals surface area contributed by atoms with Gasteiger partial charge in [-0.3, -0.25) is 0 Å². The molecule has 1 amide bonds. The maximum atomic E-state index is 13.1. The molecule has 1 fully saturated rings. The van der Waals surface area contributed by atoms with Gasteiger partial charge in [-0.1, -0.05) is 0 Å². The molecule has 0 bridgehead atoms. The lowest BCUT2D eigenvalue weighted by Gasteiger charge is -2.39. The first-order valence-electron chi connectivity index (χ1n) is 5.84. The lowest BCUT2D eigenvalue weighted by Crippen LogP contribution is -2.66. The van der Waals surface area contributed by atoms with Gasteiger partial charge < -0.3 is 15.4 Å². The van der Waals surface area contributed by atoms with Gasteiger partial charge in [-0.15, -0.1) is 0 Å². The van der Waals surface area contributed by atoms with Crippen LogP contribution < -0.4 is 10.6 Å². The van der Waals surface area contributed by atoms with Crippen molar-refractivity contribution in [2.75, 3.05) is 13.1 Å². The quantitative estimate of drug-likeness (QED) is 0.766. The number of carbonyl (C=O) groups is 1. The number of rotatable bonds is 1. The Bertz CT molecular complexity index is 304. The number of amides is 1. The molecule has 0 aromatic rings. The molecule has 2 N–H and O–H groups in total. The summed E-state index contributed by atoms with van der Waals surface area (Å²) in [5, 5.41) is 4.64. The van der Waals surface area contributed by atoms with Crippen LogP contribution in [-0.2, 0) is 4.74 Å². The molecule has 0 radical (unpaired) electrons. The van der Waals surface area contributed by atoms with Crippen molar-refractivity contribution >= 4 is 6.09 Å². The summed E-state index contributed by atoms with van der Waals surface area (Å²) in [6, 6.07) is 0. The third-order valence-electron chi connectivity index (χ3n) is 2.67. The van der Waals surface area contributed by atoms with Gasteiger partial charge in [-0.2, -0.15) is 13.2 Å². The van der Waals surface area contributed by atoms with Gasteiger partial charge >= 0.3 is 12.3 Å². The van der Waals surface area contributed by atoms with Crippen molar-refractivity contribution in [3.8, 4) is 0 Å². The third kappa shape index (κ3) is 3.76. The number of ether oxygens (including phenoxy) is 1. The van der Waals surface area contributed by atoms with Crippen molar-refractivity contribution in [2.24, 2.45) is 0 Å². The summed E-state index contributed by atoms with van der Waals surface area (Å²) in [5.41, 5.74) is -3.05. The maximum Gasteiger partial charge on any atom is 0.412 e. The molecule has 1 atom stereocenters. The monoisotopic (exact) mass is 268 g/mol. The van der Waals surface area contributed by atoms with Crippen LogP contribution in [0.5, 0.6) is 0 Å². The second-order valence-electron chi connectivity index (χ2n) is 5.49. The first kappa shape index (κ1) is 15.1. The zero-order valence-electron chi connectivity index (χ0n) is 10.8. The fraction of sp³-hybridized carbons (Fsp3) is 0.909. The molecule has 1 aliphatic rings. The highest BCUT2D eigenvalue weighted by atomic mass is 19.4. The molecule has 106 valence electrons. The Labute approximate surface area is 104 Å². The Hall–Kier alpha value is -0.980. The maximum absolute atomic E-state index is 13.1. The van der Waals surface area contributed by atoms with Gasteiger partial charge in [0.15, 0.2) is 5.54 Å². The Morgan fingerprint density at radius 1 is 1.33 bits per heavy atom. The van der Waals surface area contributed by atoms with Crippen molar-refractivity contribution < 1.29 is 22.7 Å². The minimum Gasteiger partial charge on any atom is -0.444 e. The Morgan fingerprint density at radius 3 is 2.33 bits per heavy atom. The summed E-state index contributed by atoms with van der Waals surface area (Å²) in [7, 11) is 0. The number of nitrogens with one attached hydrogen (secondary N) is 2. The molecule has 0 spiro atoms. The molecule has 4 nitrogen and oxygen atoms in total. The second kappa shape index (κ2) is 4.95. The van der Waals surface area contributed by atoms with Gasteiger partial charge in [0, 0.05) is 6.54 Å². The number of carbonyl (C=O) groups excluding carboxylic acids is 1. The number of halogens is 3. The highest BCUT2D eigenvalue weighted by Gasteiger charge is 2.56. The minimum atomic E-state index is -4.50. The van der Waals surface area contributed by atoms with Gasteiger partial charge in [0.25, 0.3) is 0 Å². The molecule has 1 unspecified atom stereocenters. The molecule has 0 saturated carbocycles. The predicted octanol–water partition coefficient (Wildman–Crippen LogP) is 2.20. The van der Waals surface area contributed by atoms with Gasteiger partial charge in [0.1, 0.15) is 5.60 Å². The van der Waals surface area contributed by atoms with Crippen LogP contribution in [0.2, 0.25) is 0 Å². The molecule has 0 aromatic carbocycles. The lowest BCUT2D eigenvalue weighted by atomic mass is 9.89. The van der Waals surface area contributed by atoms with Crippen LogP contribution in [0.4, 0.5) is 18.0 Å². The first-order chi connectivity index (χ1) is 8.06. The van der Waals surface area contributed by atoms with Crippen molar-refractivity contribution in [3.05, 3.63) is 0 Å².